The molecule has 1 rings (SSSR count). The van der Waals surface area contributed by atoms with E-state index in [1.807, 2.05) is 0 Å². The maximum absolute atomic E-state index is 10.5. The summed E-state index contributed by atoms with van der Waals surface area (Å²) in [5.41, 5.74) is 0. The van der Waals surface area contributed by atoms with Crippen molar-refractivity contribution in [2.24, 2.45) is 5.92 Å². The number of rotatable bonds is 2. The molecule has 1 saturated heterocycles. The number of hydrogen-bond acceptors (Lipinski definition) is 3. The molecule has 2 atom stereocenters. The minimum Gasteiger partial charge on any atom is -0.481 e. The van der Waals surface area contributed by atoms with Crippen LogP contribution >= 0.6 is 0 Å². The number of carboxylic acids is 1. The Labute approximate surface area is 63.3 Å². The van der Waals surface area contributed by atoms with E-state index in [4.69, 9.17) is 5.11 Å². The molecule has 0 spiro atoms. The molecular formula is C6H9NO4. The minimum absolute atomic E-state index is 0.145. The van der Waals surface area contributed by atoms with Crippen LogP contribution in [0, 0.1) is 5.92 Å². The second kappa shape index (κ2) is 2.77. The van der Waals surface area contributed by atoms with Gasteiger partial charge >= 0.3 is 12.1 Å². The molecule has 0 aromatic carbocycles. The molecule has 2 unspecified atom stereocenters. The first-order valence-corrected chi connectivity index (χ1v) is 3.27. The number of aliphatic carboxylic acids is 1. The van der Waals surface area contributed by atoms with Gasteiger partial charge in [-0.05, 0) is 6.92 Å². The SMILES string of the molecule is CC(C(=O)O)C1COC(=O)N1. The lowest BCUT2D eigenvalue weighted by atomic mass is 10.0. The summed E-state index contributed by atoms with van der Waals surface area (Å²) in [6, 6.07) is -0.389. The average molecular weight is 159 g/mol. The number of nitrogens with one attached hydrogen (secondary N) is 1. The van der Waals surface area contributed by atoms with E-state index in [2.05, 4.69) is 10.1 Å². The van der Waals surface area contributed by atoms with Gasteiger partial charge in [-0.15, -0.1) is 0 Å². The van der Waals surface area contributed by atoms with Crippen LogP contribution in [0.3, 0.4) is 0 Å². The standard InChI is InChI=1S/C6H9NO4/c1-3(5(8)9)4-2-11-6(10)7-4/h3-4H,2H2,1H3,(H,7,10)(H,8,9). The zero-order chi connectivity index (χ0) is 8.43. The highest BCUT2D eigenvalue weighted by atomic mass is 16.6. The summed E-state index contributed by atoms with van der Waals surface area (Å²) in [6.07, 6.45) is -0.539. The summed E-state index contributed by atoms with van der Waals surface area (Å²) in [7, 11) is 0. The van der Waals surface area contributed by atoms with Gasteiger partial charge in [-0.1, -0.05) is 0 Å². The van der Waals surface area contributed by atoms with E-state index in [-0.39, 0.29) is 12.6 Å². The Morgan fingerprint density at radius 2 is 2.55 bits per heavy atom. The maximum atomic E-state index is 10.5. The Bertz CT molecular complexity index is 191. The fourth-order valence-corrected chi connectivity index (χ4v) is 0.842. The quantitative estimate of drug-likeness (QED) is 0.585. The van der Waals surface area contributed by atoms with E-state index in [9.17, 15) is 9.59 Å². The number of cyclic esters (lactones) is 1. The Balaban J connectivity index is 2.49. The first kappa shape index (κ1) is 7.84. The predicted molar refractivity (Wildman–Crippen MR) is 35.1 cm³/mol. The molecule has 0 bridgehead atoms. The van der Waals surface area contributed by atoms with Crippen molar-refractivity contribution in [3.63, 3.8) is 0 Å². The summed E-state index contributed by atoms with van der Waals surface area (Å²) < 4.78 is 4.52. The average Bonchev–Trinajstić information content (AvgIpc) is 2.34. The smallest absolute Gasteiger partial charge is 0.407 e. The molecule has 11 heavy (non-hydrogen) atoms. The molecule has 1 amide bonds. The van der Waals surface area contributed by atoms with Gasteiger partial charge in [-0.2, -0.15) is 0 Å². The Morgan fingerprint density at radius 1 is 1.91 bits per heavy atom. The molecule has 1 fully saturated rings. The zero-order valence-corrected chi connectivity index (χ0v) is 6.03. The lowest BCUT2D eigenvalue weighted by Gasteiger charge is -2.10. The van der Waals surface area contributed by atoms with Crippen molar-refractivity contribution in [1.29, 1.82) is 0 Å². The normalized spacial score (nSPS) is 25.5. The predicted octanol–water partition coefficient (Wildman–Crippen LogP) is -0.185. The molecule has 62 valence electrons. The highest BCUT2D eigenvalue weighted by Crippen LogP contribution is 2.08. The molecular weight excluding hydrogens is 150 g/mol. The van der Waals surface area contributed by atoms with E-state index in [0.717, 1.165) is 0 Å². The number of hydrogen-bond donors (Lipinski definition) is 2. The lowest BCUT2D eigenvalue weighted by molar-refractivity contribution is -0.142. The lowest BCUT2D eigenvalue weighted by Crippen LogP contribution is -2.36. The van der Waals surface area contributed by atoms with E-state index < -0.39 is 18.0 Å². The monoisotopic (exact) mass is 159 g/mol. The van der Waals surface area contributed by atoms with Gasteiger partial charge < -0.3 is 15.2 Å². The largest absolute Gasteiger partial charge is 0.481 e. The van der Waals surface area contributed by atoms with Gasteiger partial charge in [0.1, 0.15) is 6.61 Å². The first-order chi connectivity index (χ1) is 5.11. The minimum atomic E-state index is -0.930. The summed E-state index contributed by atoms with van der Waals surface area (Å²) >= 11 is 0. The molecule has 0 aliphatic carbocycles. The number of carbonyl (C=O) groups excluding carboxylic acids is 1. The van der Waals surface area contributed by atoms with Crippen LogP contribution in [0.4, 0.5) is 4.79 Å². The highest BCUT2D eigenvalue weighted by Gasteiger charge is 2.31. The third-order valence-electron chi connectivity index (χ3n) is 1.69. The molecule has 0 aromatic heterocycles. The third-order valence-corrected chi connectivity index (χ3v) is 1.69. The van der Waals surface area contributed by atoms with Gasteiger partial charge in [0.2, 0.25) is 0 Å². The molecule has 1 heterocycles. The number of ether oxygens (including phenoxy) is 1. The molecule has 5 heteroatoms. The maximum Gasteiger partial charge on any atom is 0.407 e. The topological polar surface area (TPSA) is 75.6 Å². The van der Waals surface area contributed by atoms with Crippen molar-refractivity contribution in [3.05, 3.63) is 0 Å². The van der Waals surface area contributed by atoms with E-state index >= 15 is 0 Å². The van der Waals surface area contributed by atoms with Gasteiger partial charge in [0.25, 0.3) is 0 Å². The van der Waals surface area contributed by atoms with Crippen LogP contribution in [-0.2, 0) is 9.53 Å². The van der Waals surface area contributed by atoms with Gasteiger partial charge in [-0.3, -0.25) is 4.79 Å². The fraction of sp³-hybridized carbons (Fsp3) is 0.667. The summed E-state index contributed by atoms with van der Waals surface area (Å²) in [5.74, 6) is -1.53. The van der Waals surface area contributed by atoms with E-state index in [0.29, 0.717) is 0 Å². The van der Waals surface area contributed by atoms with Crippen molar-refractivity contribution in [2.75, 3.05) is 6.61 Å². The molecule has 1 aliphatic rings. The second-order valence-corrected chi connectivity index (χ2v) is 2.48. The molecule has 5 nitrogen and oxygen atoms in total. The van der Waals surface area contributed by atoms with Crippen LogP contribution in [0.1, 0.15) is 6.92 Å². The number of carboxylic acid groups (broad SMARTS) is 1. The van der Waals surface area contributed by atoms with Crippen LogP contribution in [0.25, 0.3) is 0 Å². The van der Waals surface area contributed by atoms with Crippen LogP contribution in [-0.4, -0.2) is 29.8 Å². The van der Waals surface area contributed by atoms with Crippen LogP contribution in [0.15, 0.2) is 0 Å². The molecule has 0 radical (unpaired) electrons. The Morgan fingerprint density at radius 3 is 2.91 bits per heavy atom. The molecule has 0 saturated carbocycles. The van der Waals surface area contributed by atoms with Crippen molar-refractivity contribution in [2.45, 2.75) is 13.0 Å². The summed E-state index contributed by atoms with van der Waals surface area (Å²) in [6.45, 7) is 1.67. The first-order valence-electron chi connectivity index (χ1n) is 3.27. The van der Waals surface area contributed by atoms with Gasteiger partial charge in [0, 0.05) is 0 Å². The highest BCUT2D eigenvalue weighted by molar-refractivity contribution is 5.74. The van der Waals surface area contributed by atoms with Crippen LogP contribution < -0.4 is 5.32 Å². The summed E-state index contributed by atoms with van der Waals surface area (Å²) in [5, 5.41) is 10.9. The van der Waals surface area contributed by atoms with Crippen molar-refractivity contribution in [3.8, 4) is 0 Å². The zero-order valence-electron chi connectivity index (χ0n) is 6.03. The van der Waals surface area contributed by atoms with Crippen molar-refractivity contribution in [1.82, 2.24) is 5.32 Å². The number of alkyl carbamates (subject to hydrolysis) is 1. The summed E-state index contributed by atoms with van der Waals surface area (Å²) in [4.78, 5) is 20.8. The van der Waals surface area contributed by atoms with E-state index in [1.54, 1.807) is 0 Å². The fourth-order valence-electron chi connectivity index (χ4n) is 0.842. The molecule has 1 aliphatic heterocycles. The van der Waals surface area contributed by atoms with Crippen molar-refractivity contribution >= 4 is 12.1 Å². The molecule has 2 N–H and O–H groups in total. The number of carbonyl (C=O) groups is 2. The van der Waals surface area contributed by atoms with Crippen molar-refractivity contribution < 1.29 is 19.4 Å². The molecule has 0 aromatic rings. The van der Waals surface area contributed by atoms with Gasteiger partial charge in [-0.25, -0.2) is 4.79 Å². The second-order valence-electron chi connectivity index (χ2n) is 2.48. The number of amides is 1. The Hall–Kier alpha value is -1.26. The Kier molecular flexibility index (Phi) is 1.98. The third kappa shape index (κ3) is 1.60. The van der Waals surface area contributed by atoms with Gasteiger partial charge in [0.05, 0.1) is 12.0 Å². The van der Waals surface area contributed by atoms with Gasteiger partial charge in [0.15, 0.2) is 0 Å². The van der Waals surface area contributed by atoms with Crippen LogP contribution in [0.5, 0.6) is 0 Å². The van der Waals surface area contributed by atoms with E-state index in [1.165, 1.54) is 6.92 Å². The van der Waals surface area contributed by atoms with Crippen LogP contribution in [0.2, 0.25) is 0 Å².